The van der Waals surface area contributed by atoms with Crippen molar-refractivity contribution in [2.75, 3.05) is 12.8 Å². The Balaban J connectivity index is 0.00000264. The summed E-state index contributed by atoms with van der Waals surface area (Å²) in [6.45, 7) is 2.90. The van der Waals surface area contributed by atoms with E-state index in [9.17, 15) is 0 Å². The molecule has 0 bridgehead atoms. The Morgan fingerprint density at radius 2 is 2.26 bits per heavy atom. The third kappa shape index (κ3) is 6.60. The molecule has 0 amide bonds. The second-order valence-corrected chi connectivity index (χ2v) is 7.05. The molecule has 0 saturated heterocycles. The standard InChI is InChI=1S/C17H24N4S.HI/c1-3-22-16-8-7-15(10-16)21-17(19-2)20-12-14-6-4-5-13(9-14)11-18;/h4-6,9,15-16H,3,7-8,10,12H2,1-2H3,(H2,19,20,21);1H. The van der Waals surface area contributed by atoms with E-state index in [0.717, 1.165) is 16.8 Å². The van der Waals surface area contributed by atoms with Crippen molar-refractivity contribution in [2.45, 2.75) is 44.0 Å². The lowest BCUT2D eigenvalue weighted by atomic mass is 10.1. The number of hydrogen-bond donors (Lipinski definition) is 2. The maximum atomic E-state index is 8.94. The molecule has 1 aliphatic rings. The SMILES string of the molecule is CCSC1CCC(NC(=NC)NCc2cccc(C#N)c2)C1.I. The molecule has 0 aromatic heterocycles. The first kappa shape index (κ1) is 20.1. The van der Waals surface area contributed by atoms with Gasteiger partial charge in [-0.25, -0.2) is 0 Å². The summed E-state index contributed by atoms with van der Waals surface area (Å²) in [6, 6.07) is 10.3. The highest BCUT2D eigenvalue weighted by molar-refractivity contribution is 14.0. The van der Waals surface area contributed by atoms with Gasteiger partial charge in [-0.15, -0.1) is 24.0 Å². The van der Waals surface area contributed by atoms with E-state index in [0.29, 0.717) is 18.2 Å². The van der Waals surface area contributed by atoms with Crippen molar-refractivity contribution in [3.63, 3.8) is 0 Å². The lowest BCUT2D eigenvalue weighted by Crippen LogP contribution is -2.42. The minimum atomic E-state index is 0. The average molecular weight is 444 g/mol. The van der Waals surface area contributed by atoms with Gasteiger partial charge in [0.1, 0.15) is 0 Å². The van der Waals surface area contributed by atoms with Crippen LogP contribution in [0.15, 0.2) is 29.3 Å². The van der Waals surface area contributed by atoms with Crippen LogP contribution in [0.3, 0.4) is 0 Å². The third-order valence-electron chi connectivity index (χ3n) is 3.87. The monoisotopic (exact) mass is 444 g/mol. The number of aliphatic imine (C=N–C) groups is 1. The molecule has 1 aromatic carbocycles. The van der Waals surface area contributed by atoms with Gasteiger partial charge in [0.05, 0.1) is 11.6 Å². The van der Waals surface area contributed by atoms with E-state index in [1.165, 1.54) is 25.0 Å². The molecule has 2 atom stereocenters. The highest BCUT2D eigenvalue weighted by Crippen LogP contribution is 2.29. The van der Waals surface area contributed by atoms with Gasteiger partial charge in [0.15, 0.2) is 5.96 Å². The number of halogens is 1. The lowest BCUT2D eigenvalue weighted by Gasteiger charge is -2.17. The Morgan fingerprint density at radius 1 is 1.43 bits per heavy atom. The first-order chi connectivity index (χ1) is 10.7. The zero-order valence-electron chi connectivity index (χ0n) is 13.7. The van der Waals surface area contributed by atoms with Gasteiger partial charge in [-0.3, -0.25) is 4.99 Å². The Bertz CT molecular complexity index is 556. The van der Waals surface area contributed by atoms with Crippen molar-refractivity contribution < 1.29 is 0 Å². The molecular weight excluding hydrogens is 419 g/mol. The predicted molar refractivity (Wildman–Crippen MR) is 109 cm³/mol. The molecule has 0 aliphatic heterocycles. The van der Waals surface area contributed by atoms with Crippen LogP contribution in [0.2, 0.25) is 0 Å². The van der Waals surface area contributed by atoms with Crippen LogP contribution >= 0.6 is 35.7 Å². The van der Waals surface area contributed by atoms with Crippen molar-refractivity contribution in [1.82, 2.24) is 10.6 Å². The van der Waals surface area contributed by atoms with Crippen molar-refractivity contribution in [3.8, 4) is 6.07 Å². The first-order valence-electron chi connectivity index (χ1n) is 7.83. The van der Waals surface area contributed by atoms with Gasteiger partial charge in [-0.05, 0) is 42.7 Å². The number of nitrogens with one attached hydrogen (secondary N) is 2. The second kappa shape index (κ2) is 10.8. The summed E-state index contributed by atoms with van der Waals surface area (Å²) < 4.78 is 0. The topological polar surface area (TPSA) is 60.2 Å². The molecule has 23 heavy (non-hydrogen) atoms. The third-order valence-corrected chi connectivity index (χ3v) is 5.10. The average Bonchev–Trinajstić information content (AvgIpc) is 2.99. The molecule has 2 unspecified atom stereocenters. The number of benzene rings is 1. The molecule has 6 heteroatoms. The highest BCUT2D eigenvalue weighted by Gasteiger charge is 2.24. The van der Waals surface area contributed by atoms with Crippen molar-refractivity contribution in [3.05, 3.63) is 35.4 Å². The van der Waals surface area contributed by atoms with E-state index in [4.69, 9.17) is 5.26 Å². The van der Waals surface area contributed by atoms with Gasteiger partial charge in [-0.1, -0.05) is 19.1 Å². The molecule has 0 spiro atoms. The molecule has 126 valence electrons. The van der Waals surface area contributed by atoms with Crippen LogP contribution in [0.4, 0.5) is 0 Å². The summed E-state index contributed by atoms with van der Waals surface area (Å²) in [5, 5.41) is 16.6. The number of hydrogen-bond acceptors (Lipinski definition) is 3. The summed E-state index contributed by atoms with van der Waals surface area (Å²) in [4.78, 5) is 4.30. The number of thioether (sulfide) groups is 1. The molecule has 0 radical (unpaired) electrons. The summed E-state index contributed by atoms with van der Waals surface area (Å²) in [6.07, 6.45) is 3.71. The van der Waals surface area contributed by atoms with E-state index in [2.05, 4.69) is 40.4 Å². The van der Waals surface area contributed by atoms with Crippen molar-refractivity contribution in [2.24, 2.45) is 4.99 Å². The summed E-state index contributed by atoms with van der Waals surface area (Å²) in [7, 11) is 1.80. The molecule has 1 aliphatic carbocycles. The van der Waals surface area contributed by atoms with Crippen molar-refractivity contribution >= 4 is 41.7 Å². The Kier molecular flexibility index (Phi) is 9.41. The lowest BCUT2D eigenvalue weighted by molar-refractivity contribution is 0.614. The van der Waals surface area contributed by atoms with Crippen LogP contribution in [-0.4, -0.2) is 30.1 Å². The minimum Gasteiger partial charge on any atom is -0.354 e. The Hall–Kier alpha value is -0.940. The molecule has 1 saturated carbocycles. The fourth-order valence-electron chi connectivity index (χ4n) is 2.78. The maximum Gasteiger partial charge on any atom is 0.191 e. The van der Waals surface area contributed by atoms with E-state index >= 15 is 0 Å². The largest absolute Gasteiger partial charge is 0.354 e. The number of rotatable bonds is 5. The quantitative estimate of drug-likeness (QED) is 0.415. The second-order valence-electron chi connectivity index (χ2n) is 5.47. The van der Waals surface area contributed by atoms with Crippen LogP contribution in [-0.2, 0) is 6.54 Å². The van der Waals surface area contributed by atoms with Crippen LogP contribution in [0.5, 0.6) is 0 Å². The van der Waals surface area contributed by atoms with Gasteiger partial charge < -0.3 is 10.6 Å². The Morgan fingerprint density at radius 3 is 2.96 bits per heavy atom. The molecule has 0 heterocycles. The number of nitriles is 1. The molecule has 1 aromatic rings. The summed E-state index contributed by atoms with van der Waals surface area (Å²) in [5.74, 6) is 2.04. The zero-order valence-corrected chi connectivity index (χ0v) is 16.9. The Labute approximate surface area is 160 Å². The predicted octanol–water partition coefficient (Wildman–Crippen LogP) is 3.52. The smallest absolute Gasteiger partial charge is 0.191 e. The van der Waals surface area contributed by atoms with Crippen LogP contribution in [0.25, 0.3) is 0 Å². The van der Waals surface area contributed by atoms with Crippen LogP contribution < -0.4 is 10.6 Å². The fraction of sp³-hybridized carbons (Fsp3) is 0.529. The van der Waals surface area contributed by atoms with Gasteiger partial charge in [0.25, 0.3) is 0 Å². The summed E-state index contributed by atoms with van der Waals surface area (Å²) >= 11 is 2.06. The van der Waals surface area contributed by atoms with Crippen LogP contribution in [0.1, 0.15) is 37.3 Å². The van der Waals surface area contributed by atoms with E-state index in [-0.39, 0.29) is 24.0 Å². The van der Waals surface area contributed by atoms with E-state index in [1.807, 2.05) is 24.3 Å². The highest BCUT2D eigenvalue weighted by atomic mass is 127. The number of guanidine groups is 1. The first-order valence-corrected chi connectivity index (χ1v) is 8.87. The molecular formula is C17H25IN4S. The molecule has 4 nitrogen and oxygen atoms in total. The van der Waals surface area contributed by atoms with Gasteiger partial charge in [0, 0.05) is 24.9 Å². The molecule has 2 rings (SSSR count). The van der Waals surface area contributed by atoms with Crippen molar-refractivity contribution in [1.29, 1.82) is 5.26 Å². The van der Waals surface area contributed by atoms with Gasteiger partial charge in [0.2, 0.25) is 0 Å². The van der Waals surface area contributed by atoms with Crippen LogP contribution in [0, 0.1) is 11.3 Å². The summed E-state index contributed by atoms with van der Waals surface area (Å²) in [5.41, 5.74) is 1.78. The van der Waals surface area contributed by atoms with E-state index in [1.54, 1.807) is 7.05 Å². The molecule has 1 fully saturated rings. The van der Waals surface area contributed by atoms with Gasteiger partial charge >= 0.3 is 0 Å². The normalized spacial score (nSPS) is 20.5. The fourth-order valence-corrected chi connectivity index (χ4v) is 3.93. The zero-order chi connectivity index (χ0) is 15.8. The molecule has 2 N–H and O–H groups in total. The van der Waals surface area contributed by atoms with E-state index < -0.39 is 0 Å². The minimum absolute atomic E-state index is 0. The number of nitrogens with zero attached hydrogens (tertiary/aromatic N) is 2. The maximum absolute atomic E-state index is 8.94. The van der Waals surface area contributed by atoms with Gasteiger partial charge in [-0.2, -0.15) is 17.0 Å².